The maximum absolute atomic E-state index is 5.56. The third-order valence-corrected chi connectivity index (χ3v) is 3.20. The summed E-state index contributed by atoms with van der Waals surface area (Å²) in [4.78, 5) is 0. The second kappa shape index (κ2) is 4.05. The molecule has 3 rings (SSSR count). The first-order valence-corrected chi connectivity index (χ1v) is 5.79. The van der Waals surface area contributed by atoms with Crippen LogP contribution in [-0.4, -0.2) is 11.9 Å². The Hall–Kier alpha value is -1.53. The average molecular weight is 297 g/mol. The van der Waals surface area contributed by atoms with E-state index in [2.05, 4.69) is 21.1 Å². The molecule has 6 heteroatoms. The molecule has 0 saturated heterocycles. The minimum Gasteiger partial charge on any atom is -0.467 e. The first kappa shape index (κ1) is 10.6. The Morgan fingerprint density at radius 1 is 1.35 bits per heavy atom. The molecular formula is C11H9BrN2O3. The van der Waals surface area contributed by atoms with Gasteiger partial charge in [0.15, 0.2) is 18.4 Å². The van der Waals surface area contributed by atoms with E-state index >= 15 is 0 Å². The number of rotatable bonds is 1. The van der Waals surface area contributed by atoms with E-state index < -0.39 is 0 Å². The van der Waals surface area contributed by atoms with Crippen LogP contribution in [0, 0.1) is 0 Å². The van der Waals surface area contributed by atoms with Crippen LogP contribution < -0.4 is 10.5 Å². The van der Waals surface area contributed by atoms with Crippen molar-refractivity contribution in [2.24, 2.45) is 0 Å². The van der Waals surface area contributed by atoms with E-state index in [9.17, 15) is 0 Å². The van der Waals surface area contributed by atoms with Gasteiger partial charge >= 0.3 is 0 Å². The van der Waals surface area contributed by atoms with Crippen LogP contribution in [0.2, 0.25) is 0 Å². The molecule has 2 N–H and O–H groups in total. The predicted molar refractivity (Wildman–Crippen MR) is 64.3 cm³/mol. The highest BCUT2D eigenvalue weighted by Crippen LogP contribution is 2.39. The molecule has 17 heavy (non-hydrogen) atoms. The van der Waals surface area contributed by atoms with Crippen LogP contribution in [-0.2, 0) is 11.3 Å². The van der Waals surface area contributed by atoms with E-state index in [4.69, 9.17) is 19.7 Å². The Morgan fingerprint density at radius 3 is 3.00 bits per heavy atom. The number of nitrogens with two attached hydrogens (primary N) is 1. The number of hydrogen-bond acceptors (Lipinski definition) is 5. The zero-order chi connectivity index (χ0) is 11.8. The van der Waals surface area contributed by atoms with E-state index in [1.54, 1.807) is 6.07 Å². The first-order valence-electron chi connectivity index (χ1n) is 5.00. The minimum absolute atomic E-state index is 0.270. The minimum atomic E-state index is 0.270. The van der Waals surface area contributed by atoms with Gasteiger partial charge in [-0.3, -0.25) is 0 Å². The number of fused-ring (bicyclic) bond motifs is 1. The summed E-state index contributed by atoms with van der Waals surface area (Å²) >= 11 is 3.48. The van der Waals surface area contributed by atoms with Crippen molar-refractivity contribution >= 4 is 21.7 Å². The van der Waals surface area contributed by atoms with Crippen molar-refractivity contribution in [3.8, 4) is 17.1 Å². The SMILES string of the molecule is Nc1cc(-c2c(Br)ccc3c2COCO3)on1. The van der Waals surface area contributed by atoms with Crippen molar-refractivity contribution < 1.29 is 14.0 Å². The Kier molecular flexibility index (Phi) is 2.53. The molecule has 2 heterocycles. The number of benzene rings is 1. The van der Waals surface area contributed by atoms with Crippen LogP contribution in [0.15, 0.2) is 27.2 Å². The number of nitrogens with zero attached hydrogens (tertiary/aromatic N) is 1. The molecule has 0 radical (unpaired) electrons. The number of halogens is 1. The topological polar surface area (TPSA) is 70.5 Å². The lowest BCUT2D eigenvalue weighted by Gasteiger charge is -2.20. The summed E-state index contributed by atoms with van der Waals surface area (Å²) in [6, 6.07) is 5.47. The van der Waals surface area contributed by atoms with Crippen molar-refractivity contribution in [3.05, 3.63) is 28.2 Å². The van der Waals surface area contributed by atoms with Crippen molar-refractivity contribution in [2.45, 2.75) is 6.61 Å². The number of ether oxygens (including phenoxy) is 2. The summed E-state index contributed by atoms with van der Waals surface area (Å²) < 4.78 is 16.8. The lowest BCUT2D eigenvalue weighted by Crippen LogP contribution is -2.12. The molecule has 0 amide bonds. The second-order valence-electron chi connectivity index (χ2n) is 3.63. The van der Waals surface area contributed by atoms with Crippen molar-refractivity contribution in [3.63, 3.8) is 0 Å². The molecule has 0 bridgehead atoms. The molecule has 88 valence electrons. The summed E-state index contributed by atoms with van der Waals surface area (Å²) in [7, 11) is 0. The lowest BCUT2D eigenvalue weighted by molar-refractivity contribution is -0.0161. The van der Waals surface area contributed by atoms with Gasteiger partial charge in [-0.25, -0.2) is 0 Å². The second-order valence-corrected chi connectivity index (χ2v) is 4.48. The maximum atomic E-state index is 5.56. The Bertz CT molecular complexity index is 568. The summed E-state index contributed by atoms with van der Waals surface area (Å²) in [6.45, 7) is 0.747. The van der Waals surface area contributed by atoms with Gasteiger partial charge in [0.2, 0.25) is 0 Å². The van der Waals surface area contributed by atoms with Gasteiger partial charge in [-0.2, -0.15) is 0 Å². The number of aromatic nitrogens is 1. The zero-order valence-electron chi connectivity index (χ0n) is 8.77. The quantitative estimate of drug-likeness (QED) is 0.876. The molecule has 5 nitrogen and oxygen atoms in total. The average Bonchev–Trinajstić information content (AvgIpc) is 2.75. The fourth-order valence-corrected chi connectivity index (χ4v) is 2.37. The smallest absolute Gasteiger partial charge is 0.189 e. The molecule has 1 aliphatic heterocycles. The van der Waals surface area contributed by atoms with Gasteiger partial charge in [-0.1, -0.05) is 21.1 Å². The Balaban J connectivity index is 2.20. The van der Waals surface area contributed by atoms with Crippen LogP contribution >= 0.6 is 15.9 Å². The third-order valence-electron chi connectivity index (χ3n) is 2.54. The van der Waals surface area contributed by atoms with E-state index in [0.717, 1.165) is 21.3 Å². The van der Waals surface area contributed by atoms with Crippen LogP contribution in [0.5, 0.6) is 5.75 Å². The van der Waals surface area contributed by atoms with Gasteiger partial charge in [0, 0.05) is 21.7 Å². The van der Waals surface area contributed by atoms with Gasteiger partial charge in [0.1, 0.15) is 5.75 Å². The van der Waals surface area contributed by atoms with E-state index in [-0.39, 0.29) is 6.79 Å². The maximum Gasteiger partial charge on any atom is 0.189 e. The van der Waals surface area contributed by atoms with E-state index in [0.29, 0.717) is 18.2 Å². The molecule has 0 aliphatic carbocycles. The molecule has 2 aromatic rings. The van der Waals surface area contributed by atoms with Crippen LogP contribution in [0.1, 0.15) is 5.56 Å². The Labute approximate surface area is 106 Å². The highest BCUT2D eigenvalue weighted by molar-refractivity contribution is 9.10. The van der Waals surface area contributed by atoms with Gasteiger partial charge in [-0.15, -0.1) is 0 Å². The molecule has 0 atom stereocenters. The molecule has 0 spiro atoms. The molecule has 0 saturated carbocycles. The predicted octanol–water partition coefficient (Wildman–Crippen LogP) is 2.55. The highest BCUT2D eigenvalue weighted by Gasteiger charge is 2.21. The molecule has 0 unspecified atom stereocenters. The van der Waals surface area contributed by atoms with Crippen molar-refractivity contribution in [2.75, 3.05) is 12.5 Å². The summed E-state index contributed by atoms with van der Waals surface area (Å²) in [5.41, 5.74) is 7.36. The van der Waals surface area contributed by atoms with E-state index in [1.165, 1.54) is 0 Å². The largest absolute Gasteiger partial charge is 0.467 e. The standard InChI is InChI=1S/C11H9BrN2O3/c12-7-1-2-8-6(4-15-5-16-8)11(7)9-3-10(13)14-17-9/h1-3H,4-5H2,(H2,13,14). The third kappa shape index (κ3) is 1.79. The monoisotopic (exact) mass is 296 g/mol. The molecule has 1 aliphatic rings. The number of hydrogen-bond donors (Lipinski definition) is 1. The lowest BCUT2D eigenvalue weighted by atomic mass is 10.0. The molecular weight excluding hydrogens is 288 g/mol. The van der Waals surface area contributed by atoms with Gasteiger partial charge in [0.05, 0.1) is 6.61 Å². The van der Waals surface area contributed by atoms with Crippen LogP contribution in [0.25, 0.3) is 11.3 Å². The van der Waals surface area contributed by atoms with Gasteiger partial charge in [-0.05, 0) is 12.1 Å². The van der Waals surface area contributed by atoms with E-state index in [1.807, 2.05) is 12.1 Å². The normalized spacial score (nSPS) is 14.2. The molecule has 0 fully saturated rings. The van der Waals surface area contributed by atoms with Gasteiger partial charge in [0.25, 0.3) is 0 Å². The first-order chi connectivity index (χ1) is 8.25. The van der Waals surface area contributed by atoms with Crippen molar-refractivity contribution in [1.82, 2.24) is 5.16 Å². The van der Waals surface area contributed by atoms with Crippen LogP contribution in [0.3, 0.4) is 0 Å². The van der Waals surface area contributed by atoms with Crippen LogP contribution in [0.4, 0.5) is 5.82 Å². The summed E-state index contributed by atoms with van der Waals surface area (Å²) in [5, 5.41) is 3.68. The molecule has 1 aromatic heterocycles. The number of nitrogen functional groups attached to an aromatic ring is 1. The zero-order valence-corrected chi connectivity index (χ0v) is 10.4. The number of anilines is 1. The fraction of sp³-hybridized carbons (Fsp3) is 0.182. The molecule has 1 aromatic carbocycles. The summed E-state index contributed by atoms with van der Waals surface area (Å²) in [5.74, 6) is 1.74. The highest BCUT2D eigenvalue weighted by atomic mass is 79.9. The van der Waals surface area contributed by atoms with Crippen molar-refractivity contribution in [1.29, 1.82) is 0 Å². The fourth-order valence-electron chi connectivity index (χ4n) is 1.80. The van der Waals surface area contributed by atoms with Gasteiger partial charge < -0.3 is 19.7 Å². The summed E-state index contributed by atoms with van der Waals surface area (Å²) in [6.07, 6.45) is 0. The Morgan fingerprint density at radius 2 is 2.24 bits per heavy atom.